The van der Waals surface area contributed by atoms with E-state index in [-0.39, 0.29) is 0 Å². The van der Waals surface area contributed by atoms with Crippen LogP contribution in [0.2, 0.25) is 0 Å². The van der Waals surface area contributed by atoms with Gasteiger partial charge in [0.05, 0.1) is 11.1 Å². The number of rotatable bonds is 6. The SMILES string of the molecule is NC(=O)c1ccccc1Oc1ccccc1.NC(=O)c1ccccc1Oc1ccccc1. The van der Waals surface area contributed by atoms with Crippen LogP contribution < -0.4 is 20.9 Å². The van der Waals surface area contributed by atoms with Crippen molar-refractivity contribution in [3.05, 3.63) is 120 Å². The number of carbonyl (C=O) groups is 2. The Kier molecular flexibility index (Phi) is 7.59. The molecule has 0 atom stereocenters. The van der Waals surface area contributed by atoms with Gasteiger partial charge in [-0.1, -0.05) is 60.7 Å². The van der Waals surface area contributed by atoms with Crippen molar-refractivity contribution < 1.29 is 19.1 Å². The minimum atomic E-state index is -0.494. The number of benzene rings is 4. The molecule has 2 amide bonds. The summed E-state index contributed by atoms with van der Waals surface area (Å²) in [5, 5.41) is 0. The first-order valence-electron chi connectivity index (χ1n) is 9.78. The second-order valence-electron chi connectivity index (χ2n) is 6.55. The first-order valence-corrected chi connectivity index (χ1v) is 9.78. The summed E-state index contributed by atoms with van der Waals surface area (Å²) in [6.45, 7) is 0. The van der Waals surface area contributed by atoms with E-state index in [1.165, 1.54) is 0 Å². The molecule has 0 aromatic heterocycles. The molecule has 0 radical (unpaired) electrons. The molecule has 160 valence electrons. The fourth-order valence-corrected chi connectivity index (χ4v) is 2.75. The Morgan fingerprint density at radius 3 is 1.12 bits per heavy atom. The van der Waals surface area contributed by atoms with Gasteiger partial charge < -0.3 is 20.9 Å². The molecule has 0 fully saturated rings. The molecule has 0 spiro atoms. The largest absolute Gasteiger partial charge is 0.457 e. The molecule has 0 saturated heterocycles. The summed E-state index contributed by atoms with van der Waals surface area (Å²) < 4.78 is 11.1. The molecule has 0 unspecified atom stereocenters. The fraction of sp³-hybridized carbons (Fsp3) is 0. The Morgan fingerprint density at radius 1 is 0.469 bits per heavy atom. The van der Waals surface area contributed by atoms with Crippen LogP contribution in [-0.2, 0) is 0 Å². The minimum absolute atomic E-state index is 0.381. The van der Waals surface area contributed by atoms with Crippen LogP contribution in [0.25, 0.3) is 0 Å². The van der Waals surface area contributed by atoms with Crippen molar-refractivity contribution in [3.8, 4) is 23.0 Å². The molecule has 6 heteroatoms. The molecule has 0 aliphatic rings. The number of ether oxygens (including phenoxy) is 2. The summed E-state index contributed by atoms with van der Waals surface area (Å²) in [5.41, 5.74) is 11.3. The van der Waals surface area contributed by atoms with Gasteiger partial charge in [0, 0.05) is 0 Å². The van der Waals surface area contributed by atoms with E-state index in [4.69, 9.17) is 20.9 Å². The molecule has 0 aliphatic heterocycles. The number of primary amides is 2. The Labute approximate surface area is 186 Å². The van der Waals surface area contributed by atoms with Gasteiger partial charge in [0.25, 0.3) is 11.8 Å². The second-order valence-corrected chi connectivity index (χ2v) is 6.55. The zero-order valence-corrected chi connectivity index (χ0v) is 17.2. The summed E-state index contributed by atoms with van der Waals surface area (Å²) in [5.74, 6) is 1.31. The molecule has 0 aliphatic carbocycles. The molecule has 4 rings (SSSR count). The highest BCUT2D eigenvalue weighted by atomic mass is 16.5. The van der Waals surface area contributed by atoms with Crippen LogP contribution in [0, 0.1) is 0 Å². The van der Waals surface area contributed by atoms with Crippen molar-refractivity contribution in [2.24, 2.45) is 11.5 Å². The molecule has 0 bridgehead atoms. The summed E-state index contributed by atoms with van der Waals surface area (Å²) in [6.07, 6.45) is 0. The van der Waals surface area contributed by atoms with Gasteiger partial charge in [0.15, 0.2) is 0 Å². The van der Waals surface area contributed by atoms with E-state index < -0.39 is 11.8 Å². The van der Waals surface area contributed by atoms with Crippen LogP contribution in [0.3, 0.4) is 0 Å². The second kappa shape index (κ2) is 11.0. The zero-order valence-electron chi connectivity index (χ0n) is 17.2. The standard InChI is InChI=1S/2C13H11NO2/c2*14-13(15)11-8-4-5-9-12(11)16-10-6-2-1-3-7-10/h2*1-9H,(H2,14,15). The van der Waals surface area contributed by atoms with E-state index in [0.717, 1.165) is 0 Å². The quantitative estimate of drug-likeness (QED) is 0.444. The molecular formula is C26H22N2O4. The van der Waals surface area contributed by atoms with Gasteiger partial charge in [-0.2, -0.15) is 0 Å². The maximum absolute atomic E-state index is 11.2. The number of carbonyl (C=O) groups excluding carboxylic acids is 2. The van der Waals surface area contributed by atoms with Crippen molar-refractivity contribution in [3.63, 3.8) is 0 Å². The fourth-order valence-electron chi connectivity index (χ4n) is 2.75. The van der Waals surface area contributed by atoms with Gasteiger partial charge in [-0.15, -0.1) is 0 Å². The molecule has 4 aromatic carbocycles. The van der Waals surface area contributed by atoms with Crippen molar-refractivity contribution in [2.75, 3.05) is 0 Å². The number of para-hydroxylation sites is 4. The maximum Gasteiger partial charge on any atom is 0.252 e. The van der Waals surface area contributed by atoms with E-state index in [0.29, 0.717) is 34.1 Å². The van der Waals surface area contributed by atoms with Crippen molar-refractivity contribution in [2.45, 2.75) is 0 Å². The van der Waals surface area contributed by atoms with Crippen LogP contribution >= 0.6 is 0 Å². The van der Waals surface area contributed by atoms with Crippen LogP contribution in [-0.4, -0.2) is 11.8 Å². The lowest BCUT2D eigenvalue weighted by molar-refractivity contribution is 0.0989. The number of hydrogen-bond donors (Lipinski definition) is 2. The lowest BCUT2D eigenvalue weighted by Gasteiger charge is -2.08. The molecule has 4 aromatic rings. The maximum atomic E-state index is 11.2. The molecule has 6 nitrogen and oxygen atoms in total. The molecule has 0 saturated carbocycles. The predicted octanol–water partition coefficient (Wildman–Crippen LogP) is 5.16. The lowest BCUT2D eigenvalue weighted by Crippen LogP contribution is -2.11. The third kappa shape index (κ3) is 6.21. The minimum Gasteiger partial charge on any atom is -0.457 e. The highest BCUT2D eigenvalue weighted by molar-refractivity contribution is 5.96. The van der Waals surface area contributed by atoms with Crippen LogP contribution in [0.15, 0.2) is 109 Å². The van der Waals surface area contributed by atoms with E-state index in [2.05, 4.69) is 0 Å². The first-order chi connectivity index (χ1) is 15.5. The monoisotopic (exact) mass is 426 g/mol. The van der Waals surface area contributed by atoms with Gasteiger partial charge >= 0.3 is 0 Å². The highest BCUT2D eigenvalue weighted by Gasteiger charge is 2.09. The number of amides is 2. The van der Waals surface area contributed by atoms with Crippen LogP contribution in [0.4, 0.5) is 0 Å². The van der Waals surface area contributed by atoms with Crippen LogP contribution in [0.1, 0.15) is 20.7 Å². The van der Waals surface area contributed by atoms with Gasteiger partial charge in [0.1, 0.15) is 23.0 Å². The number of nitrogens with two attached hydrogens (primary N) is 2. The van der Waals surface area contributed by atoms with Gasteiger partial charge in [0.2, 0.25) is 0 Å². The van der Waals surface area contributed by atoms with E-state index >= 15 is 0 Å². The molecule has 4 N–H and O–H groups in total. The Balaban J connectivity index is 0.000000181. The van der Waals surface area contributed by atoms with Gasteiger partial charge in [-0.3, -0.25) is 9.59 Å². The van der Waals surface area contributed by atoms with Crippen LogP contribution in [0.5, 0.6) is 23.0 Å². The smallest absolute Gasteiger partial charge is 0.252 e. The Morgan fingerprint density at radius 2 is 0.781 bits per heavy atom. The number of hydrogen-bond acceptors (Lipinski definition) is 4. The van der Waals surface area contributed by atoms with E-state index in [1.807, 2.05) is 60.7 Å². The zero-order chi connectivity index (χ0) is 22.8. The highest BCUT2D eigenvalue weighted by Crippen LogP contribution is 2.25. The first kappa shape index (κ1) is 22.1. The normalized spacial score (nSPS) is 9.75. The van der Waals surface area contributed by atoms with E-state index in [1.54, 1.807) is 48.5 Å². The third-order valence-corrected chi connectivity index (χ3v) is 4.25. The summed E-state index contributed by atoms with van der Waals surface area (Å²) in [4.78, 5) is 22.3. The Bertz CT molecular complexity index is 1080. The topological polar surface area (TPSA) is 105 Å². The summed E-state index contributed by atoms with van der Waals surface area (Å²) >= 11 is 0. The molecule has 32 heavy (non-hydrogen) atoms. The average molecular weight is 426 g/mol. The van der Waals surface area contributed by atoms with Crippen molar-refractivity contribution in [1.29, 1.82) is 0 Å². The van der Waals surface area contributed by atoms with Gasteiger partial charge in [-0.05, 0) is 48.5 Å². The molecular weight excluding hydrogens is 404 g/mol. The lowest BCUT2D eigenvalue weighted by atomic mass is 10.2. The van der Waals surface area contributed by atoms with Gasteiger partial charge in [-0.25, -0.2) is 0 Å². The average Bonchev–Trinajstić information content (AvgIpc) is 2.81. The Hall–Kier alpha value is -4.58. The molecule has 0 heterocycles. The summed E-state index contributed by atoms with van der Waals surface area (Å²) in [6, 6.07) is 32.3. The predicted molar refractivity (Wildman–Crippen MR) is 123 cm³/mol. The van der Waals surface area contributed by atoms with Crippen molar-refractivity contribution in [1.82, 2.24) is 0 Å². The third-order valence-electron chi connectivity index (χ3n) is 4.25. The summed E-state index contributed by atoms with van der Waals surface area (Å²) in [7, 11) is 0. The van der Waals surface area contributed by atoms with Crippen molar-refractivity contribution >= 4 is 11.8 Å². The van der Waals surface area contributed by atoms with E-state index in [9.17, 15) is 9.59 Å².